The van der Waals surface area contributed by atoms with Gasteiger partial charge < -0.3 is 9.32 Å². The van der Waals surface area contributed by atoms with Crippen molar-refractivity contribution in [1.29, 1.82) is 0 Å². The molecule has 3 heterocycles. The molecule has 0 N–H and O–H groups in total. The van der Waals surface area contributed by atoms with Crippen LogP contribution in [0.5, 0.6) is 0 Å². The minimum absolute atomic E-state index is 0.0837. The van der Waals surface area contributed by atoms with Crippen LogP contribution < -0.4 is 0 Å². The third-order valence-electron chi connectivity index (χ3n) is 4.88. The monoisotopic (exact) mass is 402 g/mol. The minimum atomic E-state index is -4.40. The molecule has 1 saturated heterocycles. The van der Waals surface area contributed by atoms with Crippen LogP contribution in [0.3, 0.4) is 0 Å². The first kappa shape index (κ1) is 19.1. The minimum Gasteiger partial charge on any atom is -0.420 e. The lowest BCUT2D eigenvalue weighted by molar-refractivity contribution is -0.137. The lowest BCUT2D eigenvalue weighted by Crippen LogP contribution is -2.39. The fourth-order valence-electron chi connectivity index (χ4n) is 3.36. The van der Waals surface area contributed by atoms with Crippen LogP contribution in [0.4, 0.5) is 13.2 Å². The molecule has 0 spiro atoms. The topological polar surface area (TPSA) is 72.1 Å². The van der Waals surface area contributed by atoms with Gasteiger partial charge in [-0.05, 0) is 49.2 Å². The van der Waals surface area contributed by atoms with Gasteiger partial charge in [0.25, 0.3) is 5.91 Å². The molecule has 9 heteroatoms. The Balaban J connectivity index is 1.48. The summed E-state index contributed by atoms with van der Waals surface area (Å²) in [6.45, 7) is 1.08. The summed E-state index contributed by atoms with van der Waals surface area (Å²) in [6, 6.07) is 7.91. The van der Waals surface area contributed by atoms with Gasteiger partial charge in [0.2, 0.25) is 11.8 Å². The molecular formula is C20H17F3N4O2. The first-order valence-corrected chi connectivity index (χ1v) is 9.12. The Hall–Kier alpha value is -3.23. The van der Waals surface area contributed by atoms with Crippen LogP contribution in [-0.2, 0) is 6.18 Å². The smallest absolute Gasteiger partial charge is 0.416 e. The standard InChI is InChI=1S/C20H17F3N4O2/c21-20(22,23)16-5-3-13(4-6-16)17-25-26-18(29-17)15-2-1-11-27(12-15)19(28)14-7-9-24-10-8-14/h3-10,15H,1-2,11-12H2. The second kappa shape index (κ2) is 7.65. The molecule has 1 aliphatic rings. The highest BCUT2D eigenvalue weighted by Crippen LogP contribution is 2.32. The van der Waals surface area contributed by atoms with E-state index in [-0.39, 0.29) is 17.7 Å². The van der Waals surface area contributed by atoms with Gasteiger partial charge in [-0.25, -0.2) is 0 Å². The van der Waals surface area contributed by atoms with Crippen LogP contribution in [0.15, 0.2) is 53.2 Å². The van der Waals surface area contributed by atoms with E-state index in [1.165, 1.54) is 12.1 Å². The molecule has 1 atom stereocenters. The van der Waals surface area contributed by atoms with E-state index in [0.717, 1.165) is 25.0 Å². The molecule has 1 fully saturated rings. The number of benzene rings is 1. The molecule has 29 heavy (non-hydrogen) atoms. The second-order valence-electron chi connectivity index (χ2n) is 6.85. The number of hydrogen-bond acceptors (Lipinski definition) is 5. The maximum absolute atomic E-state index is 12.7. The van der Waals surface area contributed by atoms with E-state index in [1.807, 2.05) is 0 Å². The summed E-state index contributed by atoms with van der Waals surface area (Å²) in [6.07, 6.45) is 0.325. The maximum atomic E-state index is 12.7. The van der Waals surface area contributed by atoms with Crippen molar-refractivity contribution < 1.29 is 22.4 Å². The highest BCUT2D eigenvalue weighted by atomic mass is 19.4. The van der Waals surface area contributed by atoms with Gasteiger partial charge in [0.1, 0.15) is 0 Å². The lowest BCUT2D eigenvalue weighted by atomic mass is 9.97. The maximum Gasteiger partial charge on any atom is 0.416 e. The van der Waals surface area contributed by atoms with Crippen LogP contribution in [0.2, 0.25) is 0 Å². The van der Waals surface area contributed by atoms with Crippen LogP contribution in [0.25, 0.3) is 11.5 Å². The Bertz CT molecular complexity index is 987. The van der Waals surface area contributed by atoms with Crippen LogP contribution in [0.1, 0.15) is 40.6 Å². The zero-order valence-electron chi connectivity index (χ0n) is 15.3. The highest BCUT2D eigenvalue weighted by molar-refractivity contribution is 5.94. The van der Waals surface area contributed by atoms with Gasteiger partial charge in [-0.1, -0.05) is 0 Å². The molecule has 0 aliphatic carbocycles. The quantitative estimate of drug-likeness (QED) is 0.658. The Morgan fingerprint density at radius 2 is 1.79 bits per heavy atom. The molecule has 1 aromatic carbocycles. The van der Waals surface area contributed by atoms with Crippen LogP contribution in [-0.4, -0.2) is 39.1 Å². The summed E-state index contributed by atoms with van der Waals surface area (Å²) in [5.74, 6) is 0.336. The summed E-state index contributed by atoms with van der Waals surface area (Å²) < 4.78 is 43.8. The van der Waals surface area contributed by atoms with E-state index in [4.69, 9.17) is 4.42 Å². The highest BCUT2D eigenvalue weighted by Gasteiger charge is 2.31. The van der Waals surface area contributed by atoms with Gasteiger partial charge in [-0.3, -0.25) is 9.78 Å². The number of alkyl halides is 3. The van der Waals surface area contributed by atoms with Gasteiger partial charge in [0.05, 0.1) is 11.5 Å². The Morgan fingerprint density at radius 1 is 1.07 bits per heavy atom. The Kier molecular flexibility index (Phi) is 5.04. The van der Waals surface area contributed by atoms with Crippen LogP contribution >= 0.6 is 0 Å². The number of aromatic nitrogens is 3. The molecule has 150 valence electrons. The Labute approximate surface area is 164 Å². The van der Waals surface area contributed by atoms with Crippen molar-refractivity contribution >= 4 is 5.91 Å². The van der Waals surface area contributed by atoms with Crippen LogP contribution in [0, 0.1) is 0 Å². The van der Waals surface area contributed by atoms with Gasteiger partial charge in [-0.15, -0.1) is 10.2 Å². The number of likely N-dealkylation sites (tertiary alicyclic amines) is 1. The van der Waals surface area contributed by atoms with E-state index in [0.29, 0.717) is 30.1 Å². The second-order valence-corrected chi connectivity index (χ2v) is 6.85. The summed E-state index contributed by atoms with van der Waals surface area (Å²) in [5, 5.41) is 8.04. The number of carbonyl (C=O) groups is 1. The van der Waals surface area contributed by atoms with E-state index < -0.39 is 11.7 Å². The molecule has 0 bridgehead atoms. The third kappa shape index (κ3) is 4.13. The number of pyridine rings is 1. The van der Waals surface area contributed by atoms with Gasteiger partial charge >= 0.3 is 6.18 Å². The largest absolute Gasteiger partial charge is 0.420 e. The summed E-state index contributed by atoms with van der Waals surface area (Å²) >= 11 is 0. The number of amides is 1. The van der Waals surface area contributed by atoms with E-state index >= 15 is 0 Å². The van der Waals surface area contributed by atoms with Crippen molar-refractivity contribution in [2.24, 2.45) is 0 Å². The predicted octanol–water partition coefficient (Wildman–Crippen LogP) is 4.17. The molecule has 1 aliphatic heterocycles. The number of piperidine rings is 1. The predicted molar refractivity (Wildman–Crippen MR) is 96.9 cm³/mol. The molecule has 0 radical (unpaired) electrons. The average Bonchev–Trinajstić information content (AvgIpc) is 3.24. The zero-order valence-corrected chi connectivity index (χ0v) is 15.3. The molecule has 1 amide bonds. The first-order chi connectivity index (χ1) is 13.9. The van der Waals surface area contributed by atoms with Gasteiger partial charge in [0.15, 0.2) is 0 Å². The Morgan fingerprint density at radius 3 is 2.48 bits per heavy atom. The molecule has 4 rings (SSSR count). The fourth-order valence-corrected chi connectivity index (χ4v) is 3.36. The van der Waals surface area contributed by atoms with Crippen molar-refractivity contribution in [3.63, 3.8) is 0 Å². The summed E-state index contributed by atoms with van der Waals surface area (Å²) in [4.78, 5) is 18.3. The fraction of sp³-hybridized carbons (Fsp3) is 0.300. The van der Waals surface area contributed by atoms with E-state index in [1.54, 1.807) is 29.4 Å². The van der Waals surface area contributed by atoms with Crippen molar-refractivity contribution in [2.75, 3.05) is 13.1 Å². The number of nitrogens with zero attached hydrogens (tertiary/aromatic N) is 4. The number of carbonyl (C=O) groups excluding carboxylic acids is 1. The third-order valence-corrected chi connectivity index (χ3v) is 4.88. The number of rotatable bonds is 3. The average molecular weight is 402 g/mol. The molecule has 6 nitrogen and oxygen atoms in total. The normalized spacial score (nSPS) is 17.3. The summed E-state index contributed by atoms with van der Waals surface area (Å²) in [7, 11) is 0. The van der Waals surface area contributed by atoms with E-state index in [2.05, 4.69) is 15.2 Å². The first-order valence-electron chi connectivity index (χ1n) is 9.12. The molecule has 3 aromatic rings. The molecular weight excluding hydrogens is 385 g/mol. The molecule has 0 saturated carbocycles. The van der Waals surface area contributed by atoms with Gasteiger partial charge in [-0.2, -0.15) is 13.2 Å². The van der Waals surface area contributed by atoms with Gasteiger partial charge in [0, 0.05) is 36.6 Å². The molecule has 2 aromatic heterocycles. The zero-order chi connectivity index (χ0) is 20.4. The lowest BCUT2D eigenvalue weighted by Gasteiger charge is -2.31. The molecule has 1 unspecified atom stereocenters. The SMILES string of the molecule is O=C(c1ccncc1)N1CCCC(c2nnc(-c3ccc(C(F)(F)F)cc3)o2)C1. The van der Waals surface area contributed by atoms with E-state index in [9.17, 15) is 18.0 Å². The van der Waals surface area contributed by atoms with Crippen molar-refractivity contribution in [3.05, 3.63) is 65.8 Å². The van der Waals surface area contributed by atoms with Crippen molar-refractivity contribution in [2.45, 2.75) is 24.9 Å². The number of hydrogen-bond donors (Lipinski definition) is 0. The van der Waals surface area contributed by atoms with Crippen molar-refractivity contribution in [1.82, 2.24) is 20.1 Å². The number of halogens is 3. The van der Waals surface area contributed by atoms with Crippen molar-refractivity contribution in [3.8, 4) is 11.5 Å². The summed E-state index contributed by atoms with van der Waals surface area (Å²) in [5.41, 5.74) is 0.243.